The van der Waals surface area contributed by atoms with Gasteiger partial charge in [-0.25, -0.2) is 4.79 Å². The molecule has 22 heavy (non-hydrogen) atoms. The van der Waals surface area contributed by atoms with Crippen LogP contribution >= 0.6 is 15.9 Å². The van der Waals surface area contributed by atoms with Crippen molar-refractivity contribution in [2.45, 2.75) is 26.8 Å². The number of esters is 1. The molecule has 0 spiro atoms. The van der Waals surface area contributed by atoms with E-state index >= 15 is 0 Å². The van der Waals surface area contributed by atoms with E-state index in [4.69, 9.17) is 9.47 Å². The van der Waals surface area contributed by atoms with E-state index in [2.05, 4.69) is 35.1 Å². The average molecular weight is 368 g/mol. The number of methoxy groups -OCH3 is 1. The molecule has 1 aromatic rings. The SMILES string of the molecule is COC(=O)/C(=C(/C)NC(C)C1(C)COC1)c1ccccc1Br. The number of rotatable bonds is 5. The van der Waals surface area contributed by atoms with Gasteiger partial charge in [0.1, 0.15) is 0 Å². The van der Waals surface area contributed by atoms with Crippen LogP contribution in [0, 0.1) is 5.41 Å². The van der Waals surface area contributed by atoms with Crippen LogP contribution in [0.3, 0.4) is 0 Å². The molecule has 0 bridgehead atoms. The number of benzene rings is 1. The highest BCUT2D eigenvalue weighted by Crippen LogP contribution is 2.32. The zero-order valence-corrected chi connectivity index (χ0v) is 15.0. The third-order valence-electron chi connectivity index (χ3n) is 4.25. The van der Waals surface area contributed by atoms with Crippen LogP contribution in [0.1, 0.15) is 26.3 Å². The van der Waals surface area contributed by atoms with Crippen molar-refractivity contribution in [2.75, 3.05) is 20.3 Å². The lowest BCUT2D eigenvalue weighted by Crippen LogP contribution is -2.53. The summed E-state index contributed by atoms with van der Waals surface area (Å²) < 4.78 is 11.1. The molecule has 1 N–H and O–H groups in total. The number of nitrogens with one attached hydrogen (secondary N) is 1. The molecule has 1 aliphatic rings. The van der Waals surface area contributed by atoms with E-state index in [0.29, 0.717) is 5.57 Å². The number of halogens is 1. The third-order valence-corrected chi connectivity index (χ3v) is 4.94. The van der Waals surface area contributed by atoms with E-state index in [9.17, 15) is 4.79 Å². The molecule has 0 aromatic heterocycles. The first-order valence-electron chi connectivity index (χ1n) is 7.27. The zero-order chi connectivity index (χ0) is 16.3. The highest BCUT2D eigenvalue weighted by Gasteiger charge is 2.39. The van der Waals surface area contributed by atoms with Crippen LogP contribution in [0.5, 0.6) is 0 Å². The second-order valence-electron chi connectivity index (χ2n) is 5.98. The Bertz CT molecular complexity index is 593. The molecular formula is C17H22BrNO3. The van der Waals surface area contributed by atoms with Crippen LogP contribution in [-0.2, 0) is 14.3 Å². The lowest BCUT2D eigenvalue weighted by Gasteiger charge is -2.43. The molecule has 5 heteroatoms. The highest BCUT2D eigenvalue weighted by atomic mass is 79.9. The highest BCUT2D eigenvalue weighted by molar-refractivity contribution is 9.10. The van der Waals surface area contributed by atoms with Crippen molar-refractivity contribution in [3.05, 3.63) is 40.0 Å². The van der Waals surface area contributed by atoms with Crippen molar-refractivity contribution in [3.8, 4) is 0 Å². The summed E-state index contributed by atoms with van der Waals surface area (Å²) in [5, 5.41) is 3.44. The van der Waals surface area contributed by atoms with Crippen molar-refractivity contribution >= 4 is 27.5 Å². The Hall–Kier alpha value is -1.33. The van der Waals surface area contributed by atoms with Gasteiger partial charge in [0.05, 0.1) is 25.9 Å². The quantitative estimate of drug-likeness (QED) is 0.640. The number of hydrogen-bond acceptors (Lipinski definition) is 4. The van der Waals surface area contributed by atoms with Gasteiger partial charge in [-0.2, -0.15) is 0 Å². The second kappa shape index (κ2) is 6.84. The fourth-order valence-electron chi connectivity index (χ4n) is 2.48. The minimum Gasteiger partial charge on any atom is -0.465 e. The maximum Gasteiger partial charge on any atom is 0.340 e. The van der Waals surface area contributed by atoms with E-state index < -0.39 is 0 Å². The van der Waals surface area contributed by atoms with Gasteiger partial charge in [0.15, 0.2) is 0 Å². The van der Waals surface area contributed by atoms with E-state index in [-0.39, 0.29) is 17.4 Å². The van der Waals surface area contributed by atoms with Gasteiger partial charge in [-0.15, -0.1) is 0 Å². The summed E-state index contributed by atoms with van der Waals surface area (Å²) >= 11 is 3.50. The fraction of sp³-hybridized carbons (Fsp3) is 0.471. The van der Waals surface area contributed by atoms with Crippen LogP contribution in [0.4, 0.5) is 0 Å². The molecule has 0 aliphatic carbocycles. The summed E-state index contributed by atoms with van der Waals surface area (Å²) in [5.41, 5.74) is 2.27. The fourth-order valence-corrected chi connectivity index (χ4v) is 2.96. The summed E-state index contributed by atoms with van der Waals surface area (Å²) in [7, 11) is 1.40. The second-order valence-corrected chi connectivity index (χ2v) is 6.84. The molecule has 1 unspecified atom stereocenters. The molecule has 1 heterocycles. The molecule has 0 saturated carbocycles. The number of carbonyl (C=O) groups is 1. The van der Waals surface area contributed by atoms with Gasteiger partial charge in [0, 0.05) is 27.2 Å². The van der Waals surface area contributed by atoms with Crippen molar-refractivity contribution in [1.29, 1.82) is 0 Å². The molecule has 4 nitrogen and oxygen atoms in total. The normalized spacial score (nSPS) is 18.8. The minimum atomic E-state index is -0.348. The Kier molecular flexibility index (Phi) is 5.29. The molecule has 1 fully saturated rings. The number of hydrogen-bond donors (Lipinski definition) is 1. The van der Waals surface area contributed by atoms with Crippen LogP contribution in [0.25, 0.3) is 5.57 Å². The molecular weight excluding hydrogens is 346 g/mol. The van der Waals surface area contributed by atoms with Gasteiger partial charge in [0.2, 0.25) is 0 Å². The summed E-state index contributed by atoms with van der Waals surface area (Å²) in [6.45, 7) is 7.66. The number of carbonyl (C=O) groups excluding carboxylic acids is 1. The smallest absolute Gasteiger partial charge is 0.340 e. The number of ether oxygens (including phenoxy) is 2. The van der Waals surface area contributed by atoms with E-state index in [1.807, 2.05) is 31.2 Å². The van der Waals surface area contributed by atoms with E-state index in [0.717, 1.165) is 28.9 Å². The minimum absolute atomic E-state index is 0.0937. The molecule has 1 aromatic carbocycles. The van der Waals surface area contributed by atoms with Crippen LogP contribution < -0.4 is 5.32 Å². The molecule has 0 amide bonds. The summed E-state index contributed by atoms with van der Waals surface area (Å²) in [6, 6.07) is 7.83. The monoisotopic (exact) mass is 367 g/mol. The van der Waals surface area contributed by atoms with Crippen molar-refractivity contribution < 1.29 is 14.3 Å². The Morgan fingerprint density at radius 2 is 2.05 bits per heavy atom. The van der Waals surface area contributed by atoms with Gasteiger partial charge in [-0.3, -0.25) is 0 Å². The number of allylic oxidation sites excluding steroid dienone is 1. The van der Waals surface area contributed by atoms with Crippen molar-refractivity contribution in [2.24, 2.45) is 5.41 Å². The molecule has 0 radical (unpaired) electrons. The van der Waals surface area contributed by atoms with Crippen molar-refractivity contribution in [1.82, 2.24) is 5.32 Å². The molecule has 1 saturated heterocycles. The lowest BCUT2D eigenvalue weighted by atomic mass is 9.81. The topological polar surface area (TPSA) is 47.6 Å². The predicted octanol–water partition coefficient (Wildman–Crippen LogP) is 3.37. The summed E-state index contributed by atoms with van der Waals surface area (Å²) in [6.07, 6.45) is 0. The summed E-state index contributed by atoms with van der Waals surface area (Å²) in [4.78, 5) is 12.3. The van der Waals surface area contributed by atoms with E-state index in [1.165, 1.54) is 7.11 Å². The van der Waals surface area contributed by atoms with Crippen LogP contribution in [0.15, 0.2) is 34.4 Å². The van der Waals surface area contributed by atoms with Gasteiger partial charge >= 0.3 is 5.97 Å². The maximum absolute atomic E-state index is 12.3. The molecule has 1 aliphatic heterocycles. The first kappa shape index (κ1) is 17.0. The van der Waals surface area contributed by atoms with Crippen LogP contribution in [-0.4, -0.2) is 32.3 Å². The van der Waals surface area contributed by atoms with Gasteiger partial charge in [-0.1, -0.05) is 41.1 Å². The average Bonchev–Trinajstić information content (AvgIpc) is 2.46. The maximum atomic E-state index is 12.3. The van der Waals surface area contributed by atoms with Crippen molar-refractivity contribution in [3.63, 3.8) is 0 Å². The Morgan fingerprint density at radius 3 is 2.55 bits per heavy atom. The zero-order valence-electron chi connectivity index (χ0n) is 13.4. The molecule has 1 atom stereocenters. The molecule has 120 valence electrons. The Balaban J connectivity index is 2.35. The van der Waals surface area contributed by atoms with E-state index in [1.54, 1.807) is 0 Å². The predicted molar refractivity (Wildman–Crippen MR) is 90.3 cm³/mol. The summed E-state index contributed by atoms with van der Waals surface area (Å²) in [5.74, 6) is -0.348. The van der Waals surface area contributed by atoms with Crippen LogP contribution in [0.2, 0.25) is 0 Å². The first-order chi connectivity index (χ1) is 10.4. The standard InChI is InChI=1S/C17H22BrNO3/c1-11(19-12(2)17(3)9-22-10-17)15(16(20)21-4)13-7-5-6-8-14(13)18/h5-8,12,19H,9-10H2,1-4H3/b15-11-. The van der Waals surface area contributed by atoms with Gasteiger partial charge < -0.3 is 14.8 Å². The van der Waals surface area contributed by atoms with Gasteiger partial charge in [-0.05, 0) is 19.9 Å². The molecule has 2 rings (SSSR count). The first-order valence-corrected chi connectivity index (χ1v) is 8.06. The largest absolute Gasteiger partial charge is 0.465 e. The van der Waals surface area contributed by atoms with Gasteiger partial charge in [0.25, 0.3) is 0 Å². The Morgan fingerprint density at radius 1 is 1.41 bits per heavy atom. The Labute approximate surface area is 140 Å². The lowest BCUT2D eigenvalue weighted by molar-refractivity contribution is -0.133. The third kappa shape index (κ3) is 3.36.